The molecular weight excluding hydrogens is 556 g/mol. The number of rotatable bonds is 8. The first-order valence-corrected chi connectivity index (χ1v) is 12.8. The van der Waals surface area contributed by atoms with Crippen LogP contribution in [-0.2, 0) is 42.9 Å². The van der Waals surface area contributed by atoms with Gasteiger partial charge < -0.3 is 37.9 Å². The predicted octanol–water partition coefficient (Wildman–Crippen LogP) is 2.63. The van der Waals surface area contributed by atoms with E-state index in [0.29, 0.717) is 5.56 Å². The van der Waals surface area contributed by atoms with E-state index in [9.17, 15) is 29.1 Å². The third-order valence-corrected chi connectivity index (χ3v) is 6.15. The number of phenols is 1. The summed E-state index contributed by atoms with van der Waals surface area (Å²) in [5, 5.41) is 10.2. The fourth-order valence-corrected chi connectivity index (χ4v) is 4.49. The zero-order valence-corrected chi connectivity index (χ0v) is 23.1. The summed E-state index contributed by atoms with van der Waals surface area (Å²) in [4.78, 5) is 60.4. The molecule has 0 spiro atoms. The van der Waals surface area contributed by atoms with Crippen molar-refractivity contribution >= 4 is 34.8 Å². The number of phenolic OH excluding ortho intramolecular Hbond substituents is 1. The van der Waals surface area contributed by atoms with Gasteiger partial charge in [0.25, 0.3) is 0 Å². The second-order valence-electron chi connectivity index (χ2n) is 9.34. The second kappa shape index (κ2) is 12.7. The van der Waals surface area contributed by atoms with E-state index >= 15 is 0 Å². The van der Waals surface area contributed by atoms with Crippen molar-refractivity contribution in [3.05, 3.63) is 59.0 Å². The Hall–Kier alpha value is -4.91. The van der Waals surface area contributed by atoms with Gasteiger partial charge in [0.15, 0.2) is 12.2 Å². The number of fused-ring (bicyclic) bond motifs is 1. The minimum atomic E-state index is -1.42. The van der Waals surface area contributed by atoms with E-state index in [2.05, 4.69) is 0 Å². The van der Waals surface area contributed by atoms with Crippen LogP contribution < -0.4 is 10.2 Å². The van der Waals surface area contributed by atoms with Crippen LogP contribution >= 0.6 is 0 Å². The number of esters is 4. The minimum absolute atomic E-state index is 0.0350. The largest absolute Gasteiger partial charge is 0.507 e. The van der Waals surface area contributed by atoms with Crippen molar-refractivity contribution in [3.63, 3.8) is 0 Å². The van der Waals surface area contributed by atoms with E-state index < -0.39 is 66.6 Å². The maximum absolute atomic E-state index is 13.0. The number of ether oxygens (including phenoxy) is 6. The van der Waals surface area contributed by atoms with Gasteiger partial charge in [-0.05, 0) is 29.8 Å². The van der Waals surface area contributed by atoms with Crippen molar-refractivity contribution in [3.8, 4) is 22.6 Å². The molecule has 42 heavy (non-hydrogen) atoms. The summed E-state index contributed by atoms with van der Waals surface area (Å²) >= 11 is 0. The summed E-state index contributed by atoms with van der Waals surface area (Å²) in [6.45, 7) is 4.12. The van der Waals surface area contributed by atoms with Gasteiger partial charge in [0, 0.05) is 27.7 Å². The highest BCUT2D eigenvalue weighted by Gasteiger charge is 2.53. The molecular formula is C29H28O13. The Kier molecular flexibility index (Phi) is 9.11. The van der Waals surface area contributed by atoms with Gasteiger partial charge in [-0.15, -0.1) is 0 Å². The van der Waals surface area contributed by atoms with E-state index in [1.54, 1.807) is 24.3 Å². The third kappa shape index (κ3) is 6.86. The Morgan fingerprint density at radius 1 is 0.810 bits per heavy atom. The normalized spacial score (nSPS) is 21.7. The van der Waals surface area contributed by atoms with Crippen LogP contribution in [0.15, 0.2) is 57.9 Å². The lowest BCUT2D eigenvalue weighted by Crippen LogP contribution is -2.63. The highest BCUT2D eigenvalue weighted by Crippen LogP contribution is 2.32. The fraction of sp³-hybridized carbons (Fsp3) is 0.345. The number of hydrogen-bond acceptors (Lipinski definition) is 13. The Balaban J connectivity index is 1.66. The van der Waals surface area contributed by atoms with Gasteiger partial charge in [-0.25, -0.2) is 0 Å². The van der Waals surface area contributed by atoms with E-state index in [-0.39, 0.29) is 28.0 Å². The number of carbonyl (C=O) groups excluding carboxylic acids is 4. The average Bonchev–Trinajstić information content (AvgIpc) is 2.91. The molecule has 13 nitrogen and oxygen atoms in total. The van der Waals surface area contributed by atoms with Gasteiger partial charge in [0.2, 0.25) is 17.8 Å². The lowest BCUT2D eigenvalue weighted by Gasteiger charge is -2.43. The summed E-state index contributed by atoms with van der Waals surface area (Å²) in [5.41, 5.74) is 0.417. The zero-order chi connectivity index (χ0) is 30.6. The van der Waals surface area contributed by atoms with Crippen molar-refractivity contribution < 1.29 is 57.1 Å². The quantitative estimate of drug-likeness (QED) is 0.302. The van der Waals surface area contributed by atoms with Crippen molar-refractivity contribution in [1.29, 1.82) is 0 Å². The van der Waals surface area contributed by atoms with Gasteiger partial charge >= 0.3 is 23.9 Å². The molecule has 2 aromatic carbocycles. The number of hydrogen-bond donors (Lipinski definition) is 1. The lowest BCUT2D eigenvalue weighted by atomic mass is 9.98. The smallest absolute Gasteiger partial charge is 0.303 e. The number of aromatic hydroxyl groups is 1. The molecule has 1 aliphatic rings. The topological polar surface area (TPSA) is 174 Å². The van der Waals surface area contributed by atoms with Crippen LogP contribution in [0.25, 0.3) is 22.1 Å². The van der Waals surface area contributed by atoms with Crippen LogP contribution in [0.4, 0.5) is 0 Å². The molecule has 0 bridgehead atoms. The van der Waals surface area contributed by atoms with Crippen molar-refractivity contribution in [2.45, 2.75) is 58.4 Å². The first-order chi connectivity index (χ1) is 19.9. The van der Waals surface area contributed by atoms with E-state index in [4.69, 9.17) is 32.8 Å². The molecule has 2 heterocycles. The summed E-state index contributed by atoms with van der Waals surface area (Å²) in [6.07, 6.45) is -5.42. The molecule has 0 saturated carbocycles. The van der Waals surface area contributed by atoms with Crippen LogP contribution in [0.1, 0.15) is 27.7 Å². The maximum Gasteiger partial charge on any atom is 0.303 e. The first kappa shape index (κ1) is 30.1. The Bertz CT molecular complexity index is 1540. The molecule has 0 unspecified atom stereocenters. The van der Waals surface area contributed by atoms with Gasteiger partial charge in [0.05, 0.1) is 5.56 Å². The molecule has 1 aliphatic heterocycles. The van der Waals surface area contributed by atoms with Gasteiger partial charge in [0.1, 0.15) is 41.4 Å². The van der Waals surface area contributed by atoms with Crippen LogP contribution in [-0.4, -0.2) is 66.3 Å². The van der Waals surface area contributed by atoms with Crippen molar-refractivity contribution in [2.75, 3.05) is 6.61 Å². The first-order valence-electron chi connectivity index (χ1n) is 12.8. The van der Waals surface area contributed by atoms with Crippen molar-refractivity contribution in [2.24, 2.45) is 0 Å². The standard InChI is InChI=1S/C29H28O13/c1-14(30)36-13-23-26(38-15(2)31)27(39-16(3)32)28(40-17(4)33)29(42-23)41-19-10-8-18(9-11-19)20-12-37-22-7-5-6-21(34)24(22)25(20)35/h5-12,23,26-29,34H,13H2,1-4H3/t23-,26-,27+,28-,29-/m1/s1. The number of carbonyl (C=O) groups is 4. The van der Waals surface area contributed by atoms with Crippen LogP contribution in [0.2, 0.25) is 0 Å². The monoisotopic (exact) mass is 584 g/mol. The third-order valence-electron chi connectivity index (χ3n) is 6.15. The van der Waals surface area contributed by atoms with Crippen LogP contribution in [0, 0.1) is 0 Å². The highest BCUT2D eigenvalue weighted by atomic mass is 16.7. The molecule has 4 rings (SSSR count). The minimum Gasteiger partial charge on any atom is -0.507 e. The summed E-state index contributed by atoms with van der Waals surface area (Å²) in [7, 11) is 0. The van der Waals surface area contributed by atoms with Crippen LogP contribution in [0.5, 0.6) is 11.5 Å². The lowest BCUT2D eigenvalue weighted by molar-refractivity contribution is -0.288. The molecule has 0 amide bonds. The molecule has 1 fully saturated rings. The van der Waals surface area contributed by atoms with Gasteiger partial charge in [-0.1, -0.05) is 18.2 Å². The van der Waals surface area contributed by atoms with Gasteiger partial charge in [-0.2, -0.15) is 0 Å². The molecule has 1 saturated heterocycles. The Morgan fingerprint density at radius 3 is 2.05 bits per heavy atom. The molecule has 3 aromatic rings. The Morgan fingerprint density at radius 2 is 1.43 bits per heavy atom. The summed E-state index contributed by atoms with van der Waals surface area (Å²) in [5.74, 6) is -2.97. The van der Waals surface area contributed by atoms with Crippen molar-refractivity contribution in [1.82, 2.24) is 0 Å². The zero-order valence-electron chi connectivity index (χ0n) is 23.1. The van der Waals surface area contributed by atoms with E-state index in [0.717, 1.165) is 20.8 Å². The second-order valence-corrected chi connectivity index (χ2v) is 9.34. The predicted molar refractivity (Wildman–Crippen MR) is 142 cm³/mol. The molecule has 5 atom stereocenters. The molecule has 13 heteroatoms. The highest BCUT2D eigenvalue weighted by molar-refractivity contribution is 5.86. The molecule has 0 radical (unpaired) electrons. The molecule has 0 aliphatic carbocycles. The van der Waals surface area contributed by atoms with Gasteiger partial charge in [-0.3, -0.25) is 24.0 Å². The average molecular weight is 585 g/mol. The van der Waals surface area contributed by atoms with Crippen LogP contribution in [0.3, 0.4) is 0 Å². The summed E-state index contributed by atoms with van der Waals surface area (Å²) in [6, 6.07) is 10.6. The molecule has 1 N–H and O–H groups in total. The Labute approximate surface area is 238 Å². The van der Waals surface area contributed by atoms with E-state index in [1.165, 1.54) is 31.4 Å². The SMILES string of the molecule is CC(=O)OC[C@H]1O[C@@H](Oc2ccc(-c3coc4cccc(O)c4c3=O)cc2)[C@H](OC(C)=O)[C@@H](OC(C)=O)[C@@H]1OC(C)=O. The fourth-order valence-electron chi connectivity index (χ4n) is 4.49. The summed E-state index contributed by atoms with van der Waals surface area (Å²) < 4.78 is 38.6. The molecule has 222 valence electrons. The maximum atomic E-state index is 13.0. The van der Waals surface area contributed by atoms with E-state index in [1.807, 2.05) is 0 Å². The molecule has 1 aromatic heterocycles. The number of benzene rings is 2.